The molecule has 0 aliphatic carbocycles. The predicted octanol–water partition coefficient (Wildman–Crippen LogP) is 5.42. The Hall–Kier alpha value is -2.18. The minimum atomic E-state index is -4.44. The van der Waals surface area contributed by atoms with Crippen molar-refractivity contribution in [1.29, 1.82) is 0 Å². The van der Waals surface area contributed by atoms with Crippen LogP contribution in [0.25, 0.3) is 6.08 Å². The highest BCUT2D eigenvalue weighted by molar-refractivity contribution is 5.68. The van der Waals surface area contributed by atoms with Gasteiger partial charge >= 0.3 is 12.3 Å². The van der Waals surface area contributed by atoms with Crippen molar-refractivity contribution in [2.75, 3.05) is 13.2 Å². The molecule has 0 saturated carbocycles. The number of rotatable bonds is 7. The molecule has 1 aromatic rings. The highest BCUT2D eigenvalue weighted by Gasteiger charge is 2.29. The number of hydrogen-bond acceptors (Lipinski definition) is 3. The van der Waals surface area contributed by atoms with Crippen LogP contribution in [0.4, 0.5) is 18.0 Å². The lowest BCUT2D eigenvalue weighted by Crippen LogP contribution is -2.37. The van der Waals surface area contributed by atoms with Gasteiger partial charge in [-0.1, -0.05) is 25.6 Å². The third-order valence-electron chi connectivity index (χ3n) is 3.22. The summed E-state index contributed by atoms with van der Waals surface area (Å²) in [6.45, 7) is 9.92. The Kier molecular flexibility index (Phi) is 7.54. The fourth-order valence-corrected chi connectivity index (χ4v) is 2.19. The molecule has 0 bridgehead atoms. The minimum Gasteiger partial charge on any atom is -0.484 e. The molecule has 7 heteroatoms. The monoisotopic (exact) mass is 373 g/mol. The average Bonchev–Trinajstić information content (AvgIpc) is 2.50. The highest BCUT2D eigenvalue weighted by Crippen LogP contribution is 2.26. The van der Waals surface area contributed by atoms with Gasteiger partial charge in [0.15, 0.2) is 6.61 Å². The summed E-state index contributed by atoms with van der Waals surface area (Å²) >= 11 is 0. The van der Waals surface area contributed by atoms with Gasteiger partial charge in [0, 0.05) is 12.1 Å². The smallest absolute Gasteiger partial charge is 0.422 e. The summed E-state index contributed by atoms with van der Waals surface area (Å²) in [6.07, 6.45) is -2.71. The van der Waals surface area contributed by atoms with Gasteiger partial charge in [0.2, 0.25) is 0 Å². The number of ether oxygens (including phenoxy) is 2. The second kappa shape index (κ2) is 8.96. The molecule has 0 saturated heterocycles. The van der Waals surface area contributed by atoms with Gasteiger partial charge < -0.3 is 14.4 Å². The number of carbonyl (C=O) groups excluding carboxylic acids is 1. The van der Waals surface area contributed by atoms with Crippen LogP contribution in [-0.2, 0) is 11.3 Å². The molecule has 0 N–H and O–H groups in total. The molecule has 1 rings (SSSR count). The number of amides is 1. The Bertz CT molecular complexity index is 621. The fraction of sp³-hybridized carbons (Fsp3) is 0.526. The molecule has 0 unspecified atom stereocenters. The molecule has 0 aliphatic rings. The number of nitrogens with zero attached hydrogens (tertiary/aromatic N) is 1. The lowest BCUT2D eigenvalue weighted by atomic mass is 10.1. The third-order valence-corrected chi connectivity index (χ3v) is 3.22. The van der Waals surface area contributed by atoms with Crippen LogP contribution in [0.1, 0.15) is 45.2 Å². The van der Waals surface area contributed by atoms with Gasteiger partial charge in [0.1, 0.15) is 11.4 Å². The van der Waals surface area contributed by atoms with E-state index in [-0.39, 0.29) is 12.3 Å². The number of halogens is 3. The van der Waals surface area contributed by atoms with Crippen molar-refractivity contribution in [3.05, 3.63) is 35.9 Å². The molecule has 0 radical (unpaired) electrons. The molecule has 1 aromatic carbocycles. The Labute approximate surface area is 152 Å². The first kappa shape index (κ1) is 21.9. The van der Waals surface area contributed by atoms with Crippen LogP contribution in [0.15, 0.2) is 24.8 Å². The molecule has 0 heterocycles. The van der Waals surface area contributed by atoms with Gasteiger partial charge in [0.25, 0.3) is 0 Å². The van der Waals surface area contributed by atoms with E-state index in [0.29, 0.717) is 18.5 Å². The zero-order valence-electron chi connectivity index (χ0n) is 15.7. The predicted molar refractivity (Wildman–Crippen MR) is 95.0 cm³/mol. The van der Waals surface area contributed by atoms with Crippen molar-refractivity contribution in [3.63, 3.8) is 0 Å². The Morgan fingerprint density at radius 2 is 1.92 bits per heavy atom. The van der Waals surface area contributed by atoms with Crippen LogP contribution in [0, 0.1) is 0 Å². The van der Waals surface area contributed by atoms with Crippen LogP contribution >= 0.6 is 0 Å². The van der Waals surface area contributed by atoms with Crippen LogP contribution in [0.5, 0.6) is 5.75 Å². The van der Waals surface area contributed by atoms with Crippen molar-refractivity contribution in [3.8, 4) is 5.75 Å². The normalized spacial score (nSPS) is 11.8. The highest BCUT2D eigenvalue weighted by atomic mass is 19.4. The number of hydrogen-bond donors (Lipinski definition) is 0. The lowest BCUT2D eigenvalue weighted by Gasteiger charge is -2.28. The summed E-state index contributed by atoms with van der Waals surface area (Å²) in [5, 5.41) is 0. The van der Waals surface area contributed by atoms with Crippen molar-refractivity contribution in [1.82, 2.24) is 4.90 Å². The third kappa shape index (κ3) is 7.80. The van der Waals surface area contributed by atoms with E-state index < -0.39 is 24.5 Å². The van der Waals surface area contributed by atoms with Gasteiger partial charge in [-0.15, -0.1) is 0 Å². The van der Waals surface area contributed by atoms with E-state index in [0.717, 1.165) is 5.56 Å². The first-order chi connectivity index (χ1) is 11.9. The Morgan fingerprint density at radius 1 is 1.27 bits per heavy atom. The minimum absolute atomic E-state index is 0.0810. The second-order valence-corrected chi connectivity index (χ2v) is 6.88. The van der Waals surface area contributed by atoms with E-state index in [1.165, 1.54) is 11.0 Å². The van der Waals surface area contributed by atoms with Crippen molar-refractivity contribution >= 4 is 12.2 Å². The summed E-state index contributed by atoms with van der Waals surface area (Å²) < 4.78 is 47.8. The number of alkyl halides is 3. The van der Waals surface area contributed by atoms with E-state index >= 15 is 0 Å². The van der Waals surface area contributed by atoms with Gasteiger partial charge in [-0.3, -0.25) is 0 Å². The molecule has 146 valence electrons. The summed E-state index contributed by atoms with van der Waals surface area (Å²) in [5.74, 6) is 0.0811. The Balaban J connectivity index is 3.07. The summed E-state index contributed by atoms with van der Waals surface area (Å²) in [6, 6.07) is 4.73. The van der Waals surface area contributed by atoms with Crippen molar-refractivity contribution in [2.45, 2.75) is 52.4 Å². The van der Waals surface area contributed by atoms with Gasteiger partial charge in [-0.25, -0.2) is 4.79 Å². The van der Waals surface area contributed by atoms with Crippen LogP contribution in [0.3, 0.4) is 0 Å². The molecule has 1 amide bonds. The van der Waals surface area contributed by atoms with E-state index in [4.69, 9.17) is 9.47 Å². The first-order valence-corrected chi connectivity index (χ1v) is 8.38. The standard InChI is InChI=1S/C19H26F3NO3/c1-6-10-23(17(24)26-18(3,4)5)12-15-11-14(7-2)8-9-16(15)25-13-19(20,21)22/h7-9,11H,2,6,10,12-13H2,1,3-5H3. The largest absolute Gasteiger partial charge is 0.484 e. The molecule has 26 heavy (non-hydrogen) atoms. The van der Waals surface area contributed by atoms with Gasteiger partial charge in [-0.05, 0) is 44.9 Å². The lowest BCUT2D eigenvalue weighted by molar-refractivity contribution is -0.153. The van der Waals surface area contributed by atoms with Crippen LogP contribution < -0.4 is 4.74 Å². The van der Waals surface area contributed by atoms with E-state index in [2.05, 4.69) is 6.58 Å². The number of carbonyl (C=O) groups is 1. The van der Waals surface area contributed by atoms with E-state index in [9.17, 15) is 18.0 Å². The number of benzene rings is 1. The van der Waals surface area contributed by atoms with Gasteiger partial charge in [-0.2, -0.15) is 13.2 Å². The molecule has 0 aromatic heterocycles. The topological polar surface area (TPSA) is 38.8 Å². The zero-order valence-corrected chi connectivity index (χ0v) is 15.7. The molecule has 4 nitrogen and oxygen atoms in total. The van der Waals surface area contributed by atoms with Crippen molar-refractivity contribution < 1.29 is 27.4 Å². The maximum Gasteiger partial charge on any atom is 0.422 e. The average molecular weight is 373 g/mol. The SMILES string of the molecule is C=Cc1ccc(OCC(F)(F)F)c(CN(CCC)C(=O)OC(C)(C)C)c1. The van der Waals surface area contributed by atoms with Crippen molar-refractivity contribution in [2.24, 2.45) is 0 Å². The molecule has 0 aliphatic heterocycles. The zero-order chi connectivity index (χ0) is 20.0. The summed E-state index contributed by atoms with van der Waals surface area (Å²) in [5.41, 5.74) is 0.521. The molecule has 0 atom stereocenters. The maximum atomic E-state index is 12.5. The molecular weight excluding hydrogens is 347 g/mol. The van der Waals surface area contributed by atoms with Crippen LogP contribution in [0.2, 0.25) is 0 Å². The maximum absolute atomic E-state index is 12.5. The Morgan fingerprint density at radius 3 is 2.42 bits per heavy atom. The van der Waals surface area contributed by atoms with Gasteiger partial charge in [0.05, 0.1) is 6.54 Å². The molecule has 0 spiro atoms. The molecule has 0 fully saturated rings. The second-order valence-electron chi connectivity index (χ2n) is 6.88. The quantitative estimate of drug-likeness (QED) is 0.641. The fourth-order valence-electron chi connectivity index (χ4n) is 2.19. The first-order valence-electron chi connectivity index (χ1n) is 8.38. The summed E-state index contributed by atoms with van der Waals surface area (Å²) in [7, 11) is 0. The molecular formula is C19H26F3NO3. The van der Waals surface area contributed by atoms with E-state index in [1.807, 2.05) is 6.92 Å². The van der Waals surface area contributed by atoms with Crippen LogP contribution in [-0.4, -0.2) is 35.9 Å². The summed E-state index contributed by atoms with van der Waals surface area (Å²) in [4.78, 5) is 13.9. The van der Waals surface area contributed by atoms with E-state index in [1.54, 1.807) is 39.0 Å².